The molecule has 1 atom stereocenters. The Morgan fingerprint density at radius 3 is 2.96 bits per heavy atom. The fourth-order valence-electron chi connectivity index (χ4n) is 2.66. The number of carbonyl (C=O) groups is 1. The van der Waals surface area contributed by atoms with E-state index in [0.29, 0.717) is 5.69 Å². The van der Waals surface area contributed by atoms with E-state index in [2.05, 4.69) is 33.4 Å². The number of amides is 1. The molecule has 6 nitrogen and oxygen atoms in total. The molecule has 3 heterocycles. The first-order chi connectivity index (χ1) is 11.1. The highest BCUT2D eigenvalue weighted by atomic mass is 32.1. The fourth-order valence-corrected chi connectivity index (χ4v) is 3.49. The van der Waals surface area contributed by atoms with Gasteiger partial charge in [-0.1, -0.05) is 0 Å². The normalized spacial score (nSPS) is 17.1. The van der Waals surface area contributed by atoms with Gasteiger partial charge in [0.1, 0.15) is 0 Å². The fraction of sp³-hybridized carbons (Fsp3) is 0.500. The lowest BCUT2D eigenvalue weighted by molar-refractivity contribution is 0.0342. The van der Waals surface area contributed by atoms with Crippen molar-refractivity contribution < 1.29 is 9.53 Å². The molecule has 2 N–H and O–H groups in total. The summed E-state index contributed by atoms with van der Waals surface area (Å²) in [6, 6.07) is 5.98. The zero-order valence-corrected chi connectivity index (χ0v) is 14.3. The molecule has 0 aliphatic carbocycles. The molecule has 2 aromatic rings. The van der Waals surface area contributed by atoms with Gasteiger partial charge in [0.2, 0.25) is 0 Å². The van der Waals surface area contributed by atoms with Crippen LogP contribution in [0.3, 0.4) is 0 Å². The average molecular weight is 334 g/mol. The Bertz CT molecular complexity index is 661. The Kier molecular flexibility index (Phi) is 5.09. The van der Waals surface area contributed by atoms with Crippen LogP contribution in [-0.2, 0) is 4.74 Å². The molecular formula is C16H22N4O2S. The van der Waals surface area contributed by atoms with Crippen molar-refractivity contribution in [2.75, 3.05) is 32.8 Å². The van der Waals surface area contributed by atoms with Crippen LogP contribution in [0, 0.1) is 6.92 Å². The first-order valence-corrected chi connectivity index (χ1v) is 8.66. The lowest BCUT2D eigenvalue weighted by Crippen LogP contribution is -2.46. The van der Waals surface area contributed by atoms with Crippen LogP contribution in [0.4, 0.5) is 0 Å². The van der Waals surface area contributed by atoms with Crippen LogP contribution >= 0.6 is 11.3 Å². The van der Waals surface area contributed by atoms with Crippen LogP contribution in [0.5, 0.6) is 0 Å². The van der Waals surface area contributed by atoms with Gasteiger partial charge in [0.15, 0.2) is 5.69 Å². The van der Waals surface area contributed by atoms with E-state index in [1.165, 1.54) is 4.88 Å². The summed E-state index contributed by atoms with van der Waals surface area (Å²) in [4.78, 5) is 16.9. The van der Waals surface area contributed by atoms with Crippen molar-refractivity contribution in [1.29, 1.82) is 0 Å². The maximum Gasteiger partial charge on any atom is 0.272 e. The van der Waals surface area contributed by atoms with Crippen LogP contribution in [-0.4, -0.2) is 59.9 Å². The summed E-state index contributed by atoms with van der Waals surface area (Å²) in [6.45, 7) is 8.29. The molecule has 7 heteroatoms. The van der Waals surface area contributed by atoms with E-state index in [1.54, 1.807) is 11.3 Å². The number of nitrogens with zero attached hydrogens (tertiary/aromatic N) is 2. The van der Waals surface area contributed by atoms with Crippen molar-refractivity contribution in [2.45, 2.75) is 19.9 Å². The third-order valence-electron chi connectivity index (χ3n) is 3.83. The second kappa shape index (κ2) is 7.25. The van der Waals surface area contributed by atoms with Gasteiger partial charge in [0.25, 0.3) is 5.91 Å². The molecule has 0 spiro atoms. The summed E-state index contributed by atoms with van der Waals surface area (Å²) < 4.78 is 5.34. The Morgan fingerprint density at radius 1 is 1.48 bits per heavy atom. The van der Waals surface area contributed by atoms with E-state index in [0.717, 1.165) is 43.4 Å². The number of hydrogen-bond donors (Lipinski definition) is 2. The van der Waals surface area contributed by atoms with Crippen LogP contribution in [0.2, 0.25) is 0 Å². The molecule has 2 aromatic heterocycles. The molecule has 3 rings (SSSR count). The number of hydrogen-bond acceptors (Lipinski definition) is 5. The van der Waals surface area contributed by atoms with Gasteiger partial charge >= 0.3 is 0 Å². The number of aromatic nitrogens is 2. The highest BCUT2D eigenvalue weighted by Crippen LogP contribution is 2.26. The molecular weight excluding hydrogens is 312 g/mol. The number of aryl methyl sites for hydroxylation is 1. The number of ether oxygens (including phenoxy) is 1. The van der Waals surface area contributed by atoms with Crippen molar-refractivity contribution in [3.63, 3.8) is 0 Å². The summed E-state index contributed by atoms with van der Waals surface area (Å²) >= 11 is 1.68. The minimum absolute atomic E-state index is 0.0738. The van der Waals surface area contributed by atoms with Crippen molar-refractivity contribution in [3.05, 3.63) is 28.8 Å². The minimum Gasteiger partial charge on any atom is -0.379 e. The van der Waals surface area contributed by atoms with Crippen molar-refractivity contribution in [1.82, 2.24) is 20.4 Å². The average Bonchev–Trinajstić information content (AvgIpc) is 3.16. The lowest BCUT2D eigenvalue weighted by Gasteiger charge is -2.29. The molecule has 1 aliphatic heterocycles. The maximum absolute atomic E-state index is 12.3. The van der Waals surface area contributed by atoms with Gasteiger partial charge in [0.05, 0.1) is 23.8 Å². The molecule has 1 saturated heterocycles. The first-order valence-electron chi connectivity index (χ1n) is 7.85. The predicted octanol–water partition coefficient (Wildman–Crippen LogP) is 1.90. The molecule has 1 amide bonds. The van der Waals surface area contributed by atoms with E-state index in [9.17, 15) is 4.79 Å². The SMILES string of the molecule is Cc1ccc(-c2cc(C(=O)N[C@H](C)CN3CCOCC3)n[nH]2)s1. The van der Waals surface area contributed by atoms with Gasteiger partial charge in [0, 0.05) is 30.6 Å². The summed E-state index contributed by atoms with van der Waals surface area (Å²) in [6.07, 6.45) is 0. The van der Waals surface area contributed by atoms with Gasteiger partial charge < -0.3 is 10.1 Å². The summed E-state index contributed by atoms with van der Waals surface area (Å²) in [7, 11) is 0. The largest absolute Gasteiger partial charge is 0.379 e. The molecule has 23 heavy (non-hydrogen) atoms. The molecule has 1 aliphatic rings. The highest BCUT2D eigenvalue weighted by molar-refractivity contribution is 7.15. The topological polar surface area (TPSA) is 70.2 Å². The maximum atomic E-state index is 12.3. The zero-order valence-electron chi connectivity index (χ0n) is 13.5. The highest BCUT2D eigenvalue weighted by Gasteiger charge is 2.18. The second-order valence-electron chi connectivity index (χ2n) is 5.86. The number of rotatable bonds is 5. The summed E-state index contributed by atoms with van der Waals surface area (Å²) in [5.41, 5.74) is 1.31. The summed E-state index contributed by atoms with van der Waals surface area (Å²) in [5.74, 6) is -0.137. The lowest BCUT2D eigenvalue weighted by atomic mass is 10.2. The standard InChI is InChI=1S/C16H22N4O2S/c1-11(10-20-5-7-22-8-6-20)17-16(21)14-9-13(18-19-14)15-4-3-12(2)23-15/h3-4,9,11H,5-8,10H2,1-2H3,(H,17,21)(H,18,19)/t11-/m1/s1. The number of nitrogens with one attached hydrogen (secondary N) is 2. The molecule has 1 fully saturated rings. The van der Waals surface area contributed by atoms with Crippen molar-refractivity contribution in [2.24, 2.45) is 0 Å². The molecule has 124 valence electrons. The van der Waals surface area contributed by atoms with Gasteiger partial charge in [-0.05, 0) is 32.0 Å². The Morgan fingerprint density at radius 2 is 2.26 bits per heavy atom. The molecule has 0 aromatic carbocycles. The van der Waals surface area contributed by atoms with Gasteiger partial charge in [-0.25, -0.2) is 0 Å². The van der Waals surface area contributed by atoms with Crippen molar-refractivity contribution in [3.8, 4) is 10.6 Å². The number of carbonyl (C=O) groups excluding carboxylic acids is 1. The number of H-pyrrole nitrogens is 1. The monoisotopic (exact) mass is 334 g/mol. The van der Waals surface area contributed by atoms with Crippen LogP contribution in [0.25, 0.3) is 10.6 Å². The van der Waals surface area contributed by atoms with E-state index in [-0.39, 0.29) is 11.9 Å². The minimum atomic E-state index is -0.137. The number of aromatic amines is 1. The van der Waals surface area contributed by atoms with E-state index < -0.39 is 0 Å². The van der Waals surface area contributed by atoms with E-state index in [4.69, 9.17) is 4.74 Å². The third kappa shape index (κ3) is 4.19. The van der Waals surface area contributed by atoms with Crippen LogP contribution in [0.1, 0.15) is 22.3 Å². The Balaban J connectivity index is 1.56. The summed E-state index contributed by atoms with van der Waals surface area (Å²) in [5, 5.41) is 10.1. The molecule has 0 radical (unpaired) electrons. The number of thiophene rings is 1. The second-order valence-corrected chi connectivity index (χ2v) is 7.15. The molecule has 0 saturated carbocycles. The number of morpholine rings is 1. The smallest absolute Gasteiger partial charge is 0.272 e. The van der Waals surface area contributed by atoms with E-state index in [1.807, 2.05) is 19.1 Å². The van der Waals surface area contributed by atoms with Crippen LogP contribution < -0.4 is 5.32 Å². The van der Waals surface area contributed by atoms with E-state index >= 15 is 0 Å². The molecule has 0 bridgehead atoms. The Labute approximate surface area is 139 Å². The third-order valence-corrected chi connectivity index (χ3v) is 4.86. The van der Waals surface area contributed by atoms with Crippen molar-refractivity contribution >= 4 is 17.2 Å². The van der Waals surface area contributed by atoms with Gasteiger partial charge in [-0.2, -0.15) is 5.10 Å². The Hall–Kier alpha value is -1.70. The van der Waals surface area contributed by atoms with Gasteiger partial charge in [-0.15, -0.1) is 11.3 Å². The van der Waals surface area contributed by atoms with Gasteiger partial charge in [-0.3, -0.25) is 14.8 Å². The first kappa shape index (κ1) is 16.2. The zero-order chi connectivity index (χ0) is 16.2. The predicted molar refractivity (Wildman–Crippen MR) is 90.8 cm³/mol. The molecule has 0 unspecified atom stereocenters. The van der Waals surface area contributed by atoms with Crippen LogP contribution in [0.15, 0.2) is 18.2 Å². The quantitative estimate of drug-likeness (QED) is 0.876.